The first-order valence-corrected chi connectivity index (χ1v) is 6.81. The molecule has 14 heteroatoms. The summed E-state index contributed by atoms with van der Waals surface area (Å²) in [5.41, 5.74) is 3.14. The van der Waals surface area contributed by atoms with Gasteiger partial charge < -0.3 is 20.2 Å². The van der Waals surface area contributed by atoms with Gasteiger partial charge in [-0.15, -0.1) is 0 Å². The highest BCUT2D eigenvalue weighted by Gasteiger charge is 2.17. The maximum absolute atomic E-state index is 11.8. The molecule has 0 aliphatic heterocycles. The van der Waals surface area contributed by atoms with Gasteiger partial charge in [0.25, 0.3) is 5.91 Å². The molecule has 1 N–H and O–H groups in total. The molecule has 0 aliphatic rings. The van der Waals surface area contributed by atoms with Gasteiger partial charge in [0.05, 0.1) is 29.1 Å². The van der Waals surface area contributed by atoms with E-state index in [1.807, 2.05) is 0 Å². The van der Waals surface area contributed by atoms with E-state index in [0.717, 1.165) is 0 Å². The molecule has 1 amide bonds. The number of carbonyl (C=O) groups is 1. The molecule has 25 heavy (non-hydrogen) atoms. The van der Waals surface area contributed by atoms with Crippen molar-refractivity contribution in [3.05, 3.63) is 38.3 Å². The Hall–Kier alpha value is -3.71. The third kappa shape index (κ3) is 4.63. The zero-order valence-electron chi connectivity index (χ0n) is 13.2. The van der Waals surface area contributed by atoms with Crippen LogP contribution in [0, 0.1) is 27.2 Å². The molecule has 0 bridgehead atoms. The highest BCUT2D eigenvalue weighted by molar-refractivity contribution is 5.84. The van der Waals surface area contributed by atoms with Crippen LogP contribution < -0.4 is 5.43 Å². The topological polar surface area (TPSA) is 176 Å². The molecule has 0 saturated carbocycles. The van der Waals surface area contributed by atoms with Gasteiger partial charge in [0.1, 0.15) is 6.54 Å². The molecule has 0 unspecified atom stereocenters. The molecular weight excluding hydrogens is 338 g/mol. The molecule has 0 aliphatic carbocycles. The number of rotatable bonds is 7. The zero-order chi connectivity index (χ0) is 18.6. The van der Waals surface area contributed by atoms with Crippen molar-refractivity contribution in [2.75, 3.05) is 0 Å². The van der Waals surface area contributed by atoms with Crippen molar-refractivity contribution >= 4 is 23.4 Å². The van der Waals surface area contributed by atoms with Crippen LogP contribution in [0.25, 0.3) is 0 Å². The van der Waals surface area contributed by atoms with Crippen molar-refractivity contribution in [1.29, 1.82) is 0 Å². The molecular formula is C11H13N9O5. The molecule has 2 rings (SSSR count). The maximum Gasteiger partial charge on any atom is 0.490 e. The third-order valence-electron chi connectivity index (χ3n) is 2.90. The first-order chi connectivity index (χ1) is 11.8. The van der Waals surface area contributed by atoms with Gasteiger partial charge in [-0.25, -0.2) is 5.43 Å². The van der Waals surface area contributed by atoms with Crippen LogP contribution in [0.2, 0.25) is 0 Å². The van der Waals surface area contributed by atoms with E-state index in [1.165, 1.54) is 21.8 Å². The fraction of sp³-hybridized carbons (Fsp3) is 0.364. The van der Waals surface area contributed by atoms with Gasteiger partial charge in [-0.1, -0.05) is 4.98 Å². The van der Waals surface area contributed by atoms with E-state index in [2.05, 4.69) is 25.7 Å². The molecule has 2 heterocycles. The van der Waals surface area contributed by atoms with Gasteiger partial charge in [-0.2, -0.15) is 14.5 Å². The number of nitro groups is 2. The van der Waals surface area contributed by atoms with E-state index >= 15 is 0 Å². The molecule has 14 nitrogen and oxygen atoms in total. The lowest BCUT2D eigenvalue weighted by atomic mass is 10.4. The Kier molecular flexibility index (Phi) is 5.11. The number of aromatic nitrogens is 5. The second-order valence-corrected chi connectivity index (χ2v) is 4.94. The third-order valence-corrected chi connectivity index (χ3v) is 2.90. The molecule has 0 aromatic carbocycles. The van der Waals surface area contributed by atoms with Crippen LogP contribution in [-0.2, 0) is 17.9 Å². The summed E-state index contributed by atoms with van der Waals surface area (Å²) in [6.45, 7) is 3.01. The Morgan fingerprint density at radius 2 is 2.00 bits per heavy atom. The lowest BCUT2D eigenvalue weighted by molar-refractivity contribution is -0.394. The summed E-state index contributed by atoms with van der Waals surface area (Å²) in [7, 11) is 0. The second kappa shape index (κ2) is 7.24. The summed E-state index contributed by atoms with van der Waals surface area (Å²) in [4.78, 5) is 35.1. The largest absolute Gasteiger partial charge is 0.490 e. The minimum absolute atomic E-state index is 0.0907. The highest BCUT2D eigenvalue weighted by Crippen LogP contribution is 2.10. The molecule has 132 valence electrons. The average Bonchev–Trinajstić information content (AvgIpc) is 3.13. The van der Waals surface area contributed by atoms with Crippen LogP contribution in [0.4, 0.5) is 11.8 Å². The van der Waals surface area contributed by atoms with E-state index in [4.69, 9.17) is 0 Å². The van der Waals surface area contributed by atoms with E-state index in [9.17, 15) is 25.0 Å². The number of hydrazone groups is 1. The Morgan fingerprint density at radius 3 is 2.56 bits per heavy atom. The number of amides is 1. The average molecular weight is 351 g/mol. The maximum atomic E-state index is 11.8. The van der Waals surface area contributed by atoms with Crippen LogP contribution in [-0.4, -0.2) is 46.0 Å². The predicted octanol–water partition coefficient (Wildman–Crippen LogP) is -0.208. The normalized spacial score (nSPS) is 11.4. The first-order valence-electron chi connectivity index (χ1n) is 6.81. The molecule has 0 saturated heterocycles. The number of aryl methyl sites for hydroxylation is 1. The summed E-state index contributed by atoms with van der Waals surface area (Å²) >= 11 is 0. The zero-order valence-corrected chi connectivity index (χ0v) is 13.2. The van der Waals surface area contributed by atoms with E-state index in [0.29, 0.717) is 11.4 Å². The van der Waals surface area contributed by atoms with Crippen molar-refractivity contribution in [2.24, 2.45) is 5.10 Å². The standard InChI is InChI=1S/C11H13N9O5/c1-7(4-17-6-12-11(16-17)20(24)25)13-14-10(21)5-18-8(2)3-9(15-18)19(22)23/h3,6H,4-5H2,1-2H3,(H,14,21). The summed E-state index contributed by atoms with van der Waals surface area (Å²) in [5.74, 6) is -1.42. The Morgan fingerprint density at radius 1 is 1.28 bits per heavy atom. The molecule has 2 aromatic rings. The SMILES string of the molecule is CC(Cn1cnc([N+](=O)[O-])n1)=NNC(=O)Cn1nc([N+](=O)[O-])cc1C. The quantitative estimate of drug-likeness (QED) is 0.404. The van der Waals surface area contributed by atoms with Gasteiger partial charge in [0.15, 0.2) is 0 Å². The van der Waals surface area contributed by atoms with Gasteiger partial charge in [-0.05, 0) is 23.7 Å². The van der Waals surface area contributed by atoms with Gasteiger partial charge >= 0.3 is 11.8 Å². The van der Waals surface area contributed by atoms with Gasteiger partial charge in [0, 0.05) is 5.10 Å². The van der Waals surface area contributed by atoms with Crippen LogP contribution in [0.5, 0.6) is 0 Å². The van der Waals surface area contributed by atoms with Crippen molar-refractivity contribution in [2.45, 2.75) is 26.9 Å². The van der Waals surface area contributed by atoms with Gasteiger partial charge in [0.2, 0.25) is 6.33 Å². The van der Waals surface area contributed by atoms with Crippen molar-refractivity contribution in [1.82, 2.24) is 30.0 Å². The number of nitrogens with zero attached hydrogens (tertiary/aromatic N) is 8. The number of hydrogen-bond acceptors (Lipinski definition) is 9. The summed E-state index contributed by atoms with van der Waals surface area (Å²) in [6, 6.07) is 1.25. The molecule has 2 aromatic heterocycles. The van der Waals surface area contributed by atoms with Crippen molar-refractivity contribution in [3.8, 4) is 0 Å². The lowest BCUT2D eigenvalue weighted by Gasteiger charge is -2.01. The van der Waals surface area contributed by atoms with Gasteiger partial charge in [-0.3, -0.25) is 4.79 Å². The number of hydrogen-bond donors (Lipinski definition) is 1. The van der Waals surface area contributed by atoms with E-state index in [1.54, 1.807) is 13.8 Å². The lowest BCUT2D eigenvalue weighted by Crippen LogP contribution is -2.26. The minimum atomic E-state index is -0.726. The fourth-order valence-electron chi connectivity index (χ4n) is 1.79. The predicted molar refractivity (Wildman–Crippen MR) is 81.5 cm³/mol. The monoisotopic (exact) mass is 351 g/mol. The van der Waals surface area contributed by atoms with Crippen molar-refractivity contribution < 1.29 is 14.6 Å². The van der Waals surface area contributed by atoms with E-state index in [-0.39, 0.29) is 18.9 Å². The summed E-state index contributed by atoms with van der Waals surface area (Å²) in [6.07, 6.45) is 1.17. The Labute approximate surface area is 139 Å². The molecule has 0 atom stereocenters. The fourth-order valence-corrected chi connectivity index (χ4v) is 1.79. The molecule has 0 radical (unpaired) electrons. The number of carbonyl (C=O) groups excluding carboxylic acids is 1. The molecule has 0 spiro atoms. The van der Waals surface area contributed by atoms with E-state index < -0.39 is 21.7 Å². The first kappa shape index (κ1) is 17.6. The Bertz CT molecular complexity index is 852. The summed E-state index contributed by atoms with van der Waals surface area (Å²) < 4.78 is 2.38. The smallest absolute Gasteiger partial charge is 0.390 e. The van der Waals surface area contributed by atoms with Crippen molar-refractivity contribution in [3.63, 3.8) is 0 Å². The summed E-state index contributed by atoms with van der Waals surface area (Å²) in [5, 5.41) is 32.2. The van der Waals surface area contributed by atoms with Crippen LogP contribution in [0.15, 0.2) is 17.5 Å². The van der Waals surface area contributed by atoms with Crippen LogP contribution in [0.3, 0.4) is 0 Å². The van der Waals surface area contributed by atoms with Crippen LogP contribution >= 0.6 is 0 Å². The molecule has 0 fully saturated rings. The second-order valence-electron chi connectivity index (χ2n) is 4.94. The number of nitrogens with one attached hydrogen (secondary N) is 1. The minimum Gasteiger partial charge on any atom is -0.390 e. The highest BCUT2D eigenvalue weighted by atomic mass is 16.6. The van der Waals surface area contributed by atoms with Crippen LogP contribution in [0.1, 0.15) is 12.6 Å². The Balaban J connectivity index is 1.92.